The normalized spacial score (nSPS) is 13.8. The van der Waals surface area contributed by atoms with Crippen LogP contribution >= 0.6 is 0 Å². The zero-order valence-electron chi connectivity index (χ0n) is 21.4. The van der Waals surface area contributed by atoms with Crippen LogP contribution in [0.2, 0.25) is 0 Å². The predicted octanol–water partition coefficient (Wildman–Crippen LogP) is 5.06. The van der Waals surface area contributed by atoms with E-state index in [1.807, 2.05) is 80.4 Å². The van der Waals surface area contributed by atoms with Crippen LogP contribution in [-0.4, -0.2) is 39.5 Å². The van der Waals surface area contributed by atoms with Crippen LogP contribution < -0.4 is 9.64 Å². The van der Waals surface area contributed by atoms with Crippen LogP contribution in [0.3, 0.4) is 0 Å². The molecule has 0 fully saturated rings. The minimum absolute atomic E-state index is 0.0314. The van der Waals surface area contributed by atoms with Gasteiger partial charge in [0.1, 0.15) is 11.5 Å². The highest BCUT2D eigenvalue weighted by atomic mass is 16.5. The molecule has 0 aliphatic carbocycles. The monoisotopic (exact) mass is 498 g/mol. The van der Waals surface area contributed by atoms with Gasteiger partial charge in [0.25, 0.3) is 0 Å². The van der Waals surface area contributed by atoms with Crippen molar-refractivity contribution in [2.24, 2.45) is 0 Å². The van der Waals surface area contributed by atoms with E-state index in [9.17, 15) is 9.90 Å². The zero-order valence-corrected chi connectivity index (χ0v) is 21.4. The fourth-order valence-electron chi connectivity index (χ4n) is 4.31. The summed E-state index contributed by atoms with van der Waals surface area (Å²) < 4.78 is 12.8. The number of hydrogen-bond acceptors (Lipinski definition) is 6. The molecule has 1 aliphatic heterocycles. The molecule has 1 N–H and O–H groups in total. The fourth-order valence-corrected chi connectivity index (χ4v) is 4.31. The summed E-state index contributed by atoms with van der Waals surface area (Å²) in [7, 11) is 1.63. The van der Waals surface area contributed by atoms with E-state index in [4.69, 9.17) is 9.15 Å². The summed E-state index contributed by atoms with van der Waals surface area (Å²) in [5, 5.41) is 14.2. The molecule has 0 unspecified atom stereocenters. The fraction of sp³-hybridized carbons (Fsp3) is 0.276. The molecule has 0 saturated carbocycles. The van der Waals surface area contributed by atoms with Gasteiger partial charge in [-0.15, -0.1) is 0 Å². The van der Waals surface area contributed by atoms with Crippen LogP contribution in [0.5, 0.6) is 5.75 Å². The van der Waals surface area contributed by atoms with Gasteiger partial charge in [0.05, 0.1) is 50.3 Å². The minimum atomic E-state index is -0.522. The first-order valence-electron chi connectivity index (χ1n) is 12.1. The number of benzene rings is 2. The van der Waals surface area contributed by atoms with Crippen molar-refractivity contribution < 1.29 is 19.1 Å². The molecule has 2 aromatic heterocycles. The lowest BCUT2D eigenvalue weighted by molar-refractivity contribution is -0.117. The second-order valence-electron chi connectivity index (χ2n) is 9.87. The number of aliphatic hydroxyl groups excluding tert-OH is 1. The Balaban J connectivity index is 1.58. The standard InChI is InChI=1S/C29H30N4O4/c1-19-14-30-28(37-19)23-11-22-8-7-21(24-15-31-33(17-24)29(2,3)18-34)12-26(22)32(27(35)13-23)16-20-5-9-25(36-4)10-6-20/h5-12,14-15,17,34H,13,16,18H2,1-4H3. The quantitative estimate of drug-likeness (QED) is 0.383. The van der Waals surface area contributed by atoms with Crippen molar-refractivity contribution in [2.75, 3.05) is 18.6 Å². The summed E-state index contributed by atoms with van der Waals surface area (Å²) in [6.45, 7) is 6.06. The van der Waals surface area contributed by atoms with Crippen LogP contribution in [0.1, 0.15) is 43.0 Å². The first-order chi connectivity index (χ1) is 17.8. The average molecular weight is 499 g/mol. The van der Waals surface area contributed by atoms with E-state index < -0.39 is 5.54 Å². The molecule has 8 nitrogen and oxygen atoms in total. The van der Waals surface area contributed by atoms with Crippen molar-refractivity contribution in [3.63, 3.8) is 0 Å². The van der Waals surface area contributed by atoms with Crippen molar-refractivity contribution >= 4 is 23.2 Å². The number of aliphatic hydroxyl groups is 1. The molecule has 1 aliphatic rings. The van der Waals surface area contributed by atoms with Crippen molar-refractivity contribution in [2.45, 2.75) is 39.3 Å². The highest BCUT2D eigenvalue weighted by Crippen LogP contribution is 2.37. The summed E-state index contributed by atoms with van der Waals surface area (Å²) in [4.78, 5) is 19.8. The Morgan fingerprint density at radius 1 is 1.11 bits per heavy atom. The Morgan fingerprint density at radius 3 is 2.57 bits per heavy atom. The molecule has 3 heterocycles. The van der Waals surface area contributed by atoms with Crippen molar-refractivity contribution in [3.8, 4) is 16.9 Å². The number of fused-ring (bicyclic) bond motifs is 1. The molecule has 1 amide bonds. The number of aryl methyl sites for hydroxylation is 1. The number of oxazole rings is 1. The van der Waals surface area contributed by atoms with Crippen molar-refractivity contribution in [1.82, 2.24) is 14.8 Å². The third-order valence-corrected chi connectivity index (χ3v) is 6.61. The second-order valence-corrected chi connectivity index (χ2v) is 9.87. The summed E-state index contributed by atoms with van der Waals surface area (Å²) in [5.74, 6) is 1.87. The third-order valence-electron chi connectivity index (χ3n) is 6.61. The van der Waals surface area contributed by atoms with E-state index in [0.717, 1.165) is 39.3 Å². The molecule has 2 aromatic carbocycles. The van der Waals surface area contributed by atoms with Crippen molar-refractivity contribution in [3.05, 3.63) is 83.8 Å². The Hall–Kier alpha value is -4.17. The maximum atomic E-state index is 13.7. The molecule has 0 radical (unpaired) electrons. The van der Waals surface area contributed by atoms with E-state index in [1.165, 1.54) is 0 Å². The lowest BCUT2D eigenvalue weighted by Crippen LogP contribution is -2.30. The Labute approximate surface area is 215 Å². The van der Waals surface area contributed by atoms with Gasteiger partial charge >= 0.3 is 0 Å². The first-order valence-corrected chi connectivity index (χ1v) is 12.1. The van der Waals surface area contributed by atoms with E-state index in [-0.39, 0.29) is 18.9 Å². The van der Waals surface area contributed by atoms with Gasteiger partial charge in [0.15, 0.2) is 0 Å². The maximum Gasteiger partial charge on any atom is 0.231 e. The number of rotatable bonds is 7. The Bertz CT molecular complexity index is 1460. The molecule has 190 valence electrons. The van der Waals surface area contributed by atoms with E-state index in [1.54, 1.807) is 24.2 Å². The lowest BCUT2D eigenvalue weighted by atomic mass is 10.0. The molecule has 5 rings (SSSR count). The van der Waals surface area contributed by atoms with E-state index >= 15 is 0 Å². The topological polar surface area (TPSA) is 93.6 Å². The van der Waals surface area contributed by atoms with Gasteiger partial charge in [0, 0.05) is 17.3 Å². The number of anilines is 1. The predicted molar refractivity (Wildman–Crippen MR) is 142 cm³/mol. The van der Waals surface area contributed by atoms with Crippen LogP contribution in [0.15, 0.2) is 65.5 Å². The van der Waals surface area contributed by atoms with Gasteiger partial charge < -0.3 is 19.2 Å². The van der Waals surface area contributed by atoms with Gasteiger partial charge in [0.2, 0.25) is 11.8 Å². The molecular formula is C29H30N4O4. The summed E-state index contributed by atoms with van der Waals surface area (Å²) >= 11 is 0. The molecule has 37 heavy (non-hydrogen) atoms. The number of aromatic nitrogens is 3. The van der Waals surface area contributed by atoms with Crippen LogP contribution in [0.25, 0.3) is 22.8 Å². The zero-order chi connectivity index (χ0) is 26.2. The lowest BCUT2D eigenvalue weighted by Gasteiger charge is -2.24. The van der Waals surface area contributed by atoms with Gasteiger partial charge in [-0.1, -0.05) is 24.3 Å². The van der Waals surface area contributed by atoms with E-state index in [0.29, 0.717) is 18.2 Å². The minimum Gasteiger partial charge on any atom is -0.497 e. The summed E-state index contributed by atoms with van der Waals surface area (Å²) in [6, 6.07) is 13.8. The van der Waals surface area contributed by atoms with Crippen LogP contribution in [0.4, 0.5) is 5.69 Å². The number of amides is 1. The molecule has 4 aromatic rings. The Kier molecular flexibility index (Phi) is 6.43. The number of nitrogens with zero attached hydrogens (tertiary/aromatic N) is 4. The van der Waals surface area contributed by atoms with E-state index in [2.05, 4.69) is 10.1 Å². The number of carbonyl (C=O) groups is 1. The van der Waals surface area contributed by atoms with Gasteiger partial charge in [-0.2, -0.15) is 5.10 Å². The highest BCUT2D eigenvalue weighted by Gasteiger charge is 2.27. The molecular weight excluding hydrogens is 468 g/mol. The maximum absolute atomic E-state index is 13.7. The van der Waals surface area contributed by atoms with Gasteiger partial charge in [-0.05, 0) is 61.7 Å². The van der Waals surface area contributed by atoms with Crippen LogP contribution in [0, 0.1) is 6.92 Å². The SMILES string of the molecule is COc1ccc(CN2C(=O)CC(c3ncc(C)o3)=Cc3ccc(-c4cnn(C(C)(C)CO)c4)cc32)cc1. The average Bonchev–Trinajstić information content (AvgIpc) is 3.55. The molecule has 8 heteroatoms. The highest BCUT2D eigenvalue weighted by molar-refractivity contribution is 6.06. The second kappa shape index (κ2) is 9.71. The number of carbonyl (C=O) groups excluding carboxylic acids is 1. The van der Waals surface area contributed by atoms with Gasteiger partial charge in [-0.25, -0.2) is 4.98 Å². The third kappa shape index (κ3) is 4.93. The molecule has 0 bridgehead atoms. The van der Waals surface area contributed by atoms with Gasteiger partial charge in [-0.3, -0.25) is 9.48 Å². The number of ether oxygens (including phenoxy) is 1. The molecule has 0 atom stereocenters. The number of methoxy groups -OCH3 is 1. The first kappa shape index (κ1) is 24.5. The van der Waals surface area contributed by atoms with Crippen molar-refractivity contribution in [1.29, 1.82) is 0 Å². The molecule has 0 saturated heterocycles. The number of hydrogen-bond donors (Lipinski definition) is 1. The summed E-state index contributed by atoms with van der Waals surface area (Å²) in [6.07, 6.45) is 7.51. The largest absolute Gasteiger partial charge is 0.497 e. The Morgan fingerprint density at radius 2 is 1.89 bits per heavy atom. The molecule has 0 spiro atoms. The smallest absolute Gasteiger partial charge is 0.231 e. The summed E-state index contributed by atoms with van der Waals surface area (Å²) in [5.41, 5.74) is 4.72. The van der Waals surface area contributed by atoms with Crippen LogP contribution in [-0.2, 0) is 16.9 Å².